The van der Waals surface area contributed by atoms with E-state index in [1.54, 1.807) is 50.6 Å². The predicted molar refractivity (Wildman–Crippen MR) is 116 cm³/mol. The maximum absolute atomic E-state index is 12.5. The lowest BCUT2D eigenvalue weighted by Crippen LogP contribution is -2.37. The van der Waals surface area contributed by atoms with Crippen LogP contribution in [0.25, 0.3) is 6.08 Å². The minimum absolute atomic E-state index is 0.0624. The second-order valence-corrected chi connectivity index (χ2v) is 6.78. The lowest BCUT2D eigenvalue weighted by molar-refractivity contribution is -0.130. The number of methoxy groups -OCH3 is 2. The van der Waals surface area contributed by atoms with E-state index < -0.39 is 0 Å². The molecule has 0 heterocycles. The Morgan fingerprint density at radius 2 is 1.76 bits per heavy atom. The third-order valence-electron chi connectivity index (χ3n) is 4.29. The number of rotatable bonds is 8. The highest BCUT2D eigenvalue weighted by molar-refractivity contribution is 6.31. The van der Waals surface area contributed by atoms with Gasteiger partial charge in [0.05, 0.1) is 14.2 Å². The van der Waals surface area contributed by atoms with E-state index in [1.165, 1.54) is 11.0 Å². The SMILES string of the molecule is CCN(CC(=O)Nc1cc(Cl)ccc1C)C(=O)/C=C/c1cc(OC)cc(OC)c1. The van der Waals surface area contributed by atoms with Crippen molar-refractivity contribution in [1.82, 2.24) is 4.90 Å². The van der Waals surface area contributed by atoms with Crippen molar-refractivity contribution in [3.63, 3.8) is 0 Å². The molecule has 0 unspecified atom stereocenters. The molecular weight excluding hydrogens is 392 g/mol. The van der Waals surface area contributed by atoms with E-state index in [4.69, 9.17) is 21.1 Å². The van der Waals surface area contributed by atoms with E-state index in [-0.39, 0.29) is 18.4 Å². The second kappa shape index (κ2) is 10.5. The number of carbonyl (C=O) groups is 2. The molecule has 0 spiro atoms. The van der Waals surface area contributed by atoms with Crippen LogP contribution in [0, 0.1) is 6.92 Å². The molecular formula is C22H25ClN2O4. The predicted octanol–water partition coefficient (Wildman–Crippen LogP) is 4.17. The largest absolute Gasteiger partial charge is 0.497 e. The summed E-state index contributed by atoms with van der Waals surface area (Å²) < 4.78 is 10.5. The highest BCUT2D eigenvalue weighted by atomic mass is 35.5. The molecule has 0 aromatic heterocycles. The minimum atomic E-state index is -0.290. The number of aryl methyl sites for hydroxylation is 1. The van der Waals surface area contributed by atoms with Gasteiger partial charge >= 0.3 is 0 Å². The Hall–Kier alpha value is -2.99. The topological polar surface area (TPSA) is 67.9 Å². The summed E-state index contributed by atoms with van der Waals surface area (Å²) in [5, 5.41) is 3.33. The summed E-state index contributed by atoms with van der Waals surface area (Å²) in [7, 11) is 3.12. The summed E-state index contributed by atoms with van der Waals surface area (Å²) >= 11 is 5.98. The number of nitrogens with one attached hydrogen (secondary N) is 1. The van der Waals surface area contributed by atoms with Crippen molar-refractivity contribution in [2.45, 2.75) is 13.8 Å². The number of halogens is 1. The summed E-state index contributed by atoms with van der Waals surface area (Å²) in [6, 6.07) is 10.6. The molecule has 2 aromatic rings. The van der Waals surface area contributed by atoms with Gasteiger partial charge in [-0.05, 0) is 55.3 Å². The van der Waals surface area contributed by atoms with Gasteiger partial charge in [0, 0.05) is 29.4 Å². The monoisotopic (exact) mass is 416 g/mol. The zero-order valence-corrected chi connectivity index (χ0v) is 17.7. The number of benzene rings is 2. The molecule has 0 atom stereocenters. The maximum atomic E-state index is 12.5. The first kappa shape index (κ1) is 22.3. The fraction of sp³-hybridized carbons (Fsp3) is 0.273. The fourth-order valence-electron chi connectivity index (χ4n) is 2.64. The average Bonchev–Trinajstić information content (AvgIpc) is 2.72. The molecule has 2 aromatic carbocycles. The van der Waals surface area contributed by atoms with E-state index in [9.17, 15) is 9.59 Å². The molecule has 0 radical (unpaired) electrons. The van der Waals surface area contributed by atoms with E-state index >= 15 is 0 Å². The first-order valence-corrected chi connectivity index (χ1v) is 9.50. The molecule has 2 rings (SSSR count). The lowest BCUT2D eigenvalue weighted by atomic mass is 10.2. The summed E-state index contributed by atoms with van der Waals surface area (Å²) in [5.74, 6) is 0.689. The van der Waals surface area contributed by atoms with E-state index in [0.717, 1.165) is 11.1 Å². The van der Waals surface area contributed by atoms with Crippen LogP contribution in [-0.2, 0) is 9.59 Å². The van der Waals surface area contributed by atoms with Crippen LogP contribution in [0.3, 0.4) is 0 Å². The van der Waals surface area contributed by atoms with Gasteiger partial charge in [0.2, 0.25) is 11.8 Å². The second-order valence-electron chi connectivity index (χ2n) is 6.34. The molecule has 0 fully saturated rings. The van der Waals surface area contributed by atoms with Crippen LogP contribution in [0.5, 0.6) is 11.5 Å². The third kappa shape index (κ3) is 6.54. The molecule has 7 heteroatoms. The Kier molecular flexibility index (Phi) is 8.09. The Bertz CT molecular complexity index is 889. The van der Waals surface area contributed by atoms with Gasteiger partial charge in [0.1, 0.15) is 18.0 Å². The number of hydrogen-bond donors (Lipinski definition) is 1. The molecule has 0 aliphatic heterocycles. The average molecular weight is 417 g/mol. The molecule has 6 nitrogen and oxygen atoms in total. The fourth-order valence-corrected chi connectivity index (χ4v) is 2.81. The van der Waals surface area contributed by atoms with Crippen LogP contribution in [0.1, 0.15) is 18.1 Å². The minimum Gasteiger partial charge on any atom is -0.497 e. The van der Waals surface area contributed by atoms with Crippen molar-refractivity contribution < 1.29 is 19.1 Å². The van der Waals surface area contributed by atoms with Crippen LogP contribution in [0.4, 0.5) is 5.69 Å². The number of likely N-dealkylation sites (N-methyl/N-ethyl adjacent to an activating group) is 1. The van der Waals surface area contributed by atoms with Gasteiger partial charge in [0.15, 0.2) is 0 Å². The van der Waals surface area contributed by atoms with Crippen LogP contribution < -0.4 is 14.8 Å². The molecule has 0 aliphatic rings. The quantitative estimate of drug-likeness (QED) is 0.656. The summed E-state index contributed by atoms with van der Waals surface area (Å²) in [4.78, 5) is 26.4. The highest BCUT2D eigenvalue weighted by Gasteiger charge is 2.14. The number of amides is 2. The highest BCUT2D eigenvalue weighted by Crippen LogP contribution is 2.23. The Balaban J connectivity index is 2.05. The number of carbonyl (C=O) groups excluding carboxylic acids is 2. The molecule has 2 amide bonds. The number of ether oxygens (including phenoxy) is 2. The van der Waals surface area contributed by atoms with Crippen molar-refractivity contribution in [3.8, 4) is 11.5 Å². The van der Waals surface area contributed by atoms with E-state index in [2.05, 4.69) is 5.32 Å². The number of hydrogen-bond acceptors (Lipinski definition) is 4. The Morgan fingerprint density at radius 3 is 2.34 bits per heavy atom. The van der Waals surface area contributed by atoms with Gasteiger partial charge in [-0.3, -0.25) is 9.59 Å². The summed E-state index contributed by atoms with van der Waals surface area (Å²) in [6.45, 7) is 4.03. The van der Waals surface area contributed by atoms with Gasteiger partial charge < -0.3 is 19.7 Å². The molecule has 1 N–H and O–H groups in total. The van der Waals surface area contributed by atoms with Crippen molar-refractivity contribution in [2.24, 2.45) is 0 Å². The van der Waals surface area contributed by atoms with Crippen molar-refractivity contribution in [2.75, 3.05) is 32.6 Å². The van der Waals surface area contributed by atoms with Crippen LogP contribution in [0.15, 0.2) is 42.5 Å². The zero-order chi connectivity index (χ0) is 21.4. The molecule has 154 valence electrons. The van der Waals surface area contributed by atoms with Crippen LogP contribution >= 0.6 is 11.6 Å². The maximum Gasteiger partial charge on any atom is 0.247 e. The van der Waals surface area contributed by atoms with Gasteiger partial charge in [-0.1, -0.05) is 17.7 Å². The van der Waals surface area contributed by atoms with Crippen molar-refractivity contribution in [3.05, 3.63) is 58.6 Å². The van der Waals surface area contributed by atoms with Gasteiger partial charge in [-0.15, -0.1) is 0 Å². The third-order valence-corrected chi connectivity index (χ3v) is 4.53. The lowest BCUT2D eigenvalue weighted by Gasteiger charge is -2.19. The summed E-state index contributed by atoms with van der Waals surface area (Å²) in [5.41, 5.74) is 2.28. The first-order chi connectivity index (χ1) is 13.9. The smallest absolute Gasteiger partial charge is 0.247 e. The first-order valence-electron chi connectivity index (χ1n) is 9.12. The molecule has 29 heavy (non-hydrogen) atoms. The molecule has 0 bridgehead atoms. The van der Waals surface area contributed by atoms with Crippen LogP contribution in [-0.4, -0.2) is 44.0 Å². The number of anilines is 1. The van der Waals surface area contributed by atoms with E-state index in [0.29, 0.717) is 28.8 Å². The zero-order valence-electron chi connectivity index (χ0n) is 17.0. The van der Waals surface area contributed by atoms with Gasteiger partial charge in [-0.2, -0.15) is 0 Å². The van der Waals surface area contributed by atoms with Gasteiger partial charge in [0.25, 0.3) is 0 Å². The molecule has 0 aliphatic carbocycles. The van der Waals surface area contributed by atoms with E-state index in [1.807, 2.05) is 19.9 Å². The molecule has 0 saturated heterocycles. The Morgan fingerprint density at radius 1 is 1.10 bits per heavy atom. The van der Waals surface area contributed by atoms with Crippen molar-refractivity contribution in [1.29, 1.82) is 0 Å². The Labute approximate surface area is 176 Å². The summed E-state index contributed by atoms with van der Waals surface area (Å²) in [6.07, 6.45) is 3.09. The number of nitrogens with zero attached hydrogens (tertiary/aromatic N) is 1. The van der Waals surface area contributed by atoms with Gasteiger partial charge in [-0.25, -0.2) is 0 Å². The van der Waals surface area contributed by atoms with Crippen LogP contribution in [0.2, 0.25) is 5.02 Å². The molecule has 0 saturated carbocycles. The standard InChI is InChI=1S/C22H25ClN2O4/c1-5-25(14-21(26)24-20-12-17(23)8-6-15(20)2)22(27)9-7-16-10-18(28-3)13-19(11-16)29-4/h6-13H,5,14H2,1-4H3,(H,24,26)/b9-7+. The van der Waals surface area contributed by atoms with Crippen molar-refractivity contribution >= 4 is 35.2 Å². The normalized spacial score (nSPS) is 10.7.